The molecule has 0 fully saturated rings. The van der Waals surface area contributed by atoms with Crippen LogP contribution in [0, 0.1) is 0 Å². The fourth-order valence-corrected chi connectivity index (χ4v) is 1.91. The van der Waals surface area contributed by atoms with Crippen LogP contribution in [0.1, 0.15) is 32.3 Å². The Hall–Kier alpha value is -1.13. The van der Waals surface area contributed by atoms with Crippen molar-refractivity contribution in [1.82, 2.24) is 5.32 Å². The first-order chi connectivity index (χ1) is 9.26. The summed E-state index contributed by atoms with van der Waals surface area (Å²) in [6.07, 6.45) is 3.62. The first-order valence-electron chi connectivity index (χ1n) is 6.97. The van der Waals surface area contributed by atoms with Crippen LogP contribution >= 0.6 is 12.2 Å². The molecule has 0 aliphatic carbocycles. The Labute approximate surface area is 121 Å². The first-order valence-corrected chi connectivity index (χ1v) is 7.38. The zero-order chi connectivity index (χ0) is 13.9. The maximum Gasteiger partial charge on any atom is 0.170 e. The Morgan fingerprint density at radius 1 is 1.21 bits per heavy atom. The van der Waals surface area contributed by atoms with Crippen LogP contribution in [0.15, 0.2) is 24.3 Å². The molecule has 0 aliphatic rings. The molecule has 106 valence electrons. The fourth-order valence-electron chi connectivity index (χ4n) is 1.69. The molecule has 0 spiro atoms. The van der Waals surface area contributed by atoms with E-state index in [9.17, 15) is 0 Å². The number of unbranched alkanes of at least 4 members (excludes halogenated alkanes) is 1. The van der Waals surface area contributed by atoms with Gasteiger partial charge in [-0.15, -0.1) is 0 Å². The molecule has 0 radical (unpaired) electrons. The van der Waals surface area contributed by atoms with Gasteiger partial charge >= 0.3 is 0 Å². The number of hydrogen-bond acceptors (Lipinski definition) is 2. The molecule has 3 nitrogen and oxygen atoms in total. The quantitative estimate of drug-likeness (QED) is 0.565. The van der Waals surface area contributed by atoms with Crippen LogP contribution < -0.4 is 10.6 Å². The van der Waals surface area contributed by atoms with Gasteiger partial charge in [-0.2, -0.15) is 0 Å². The van der Waals surface area contributed by atoms with Crippen molar-refractivity contribution in [3.05, 3.63) is 29.8 Å². The Bertz CT molecular complexity index is 365. The summed E-state index contributed by atoms with van der Waals surface area (Å²) < 4.78 is 5.24. The summed E-state index contributed by atoms with van der Waals surface area (Å²) in [5.41, 5.74) is 2.40. The molecular weight excluding hydrogens is 256 g/mol. The van der Waals surface area contributed by atoms with Gasteiger partial charge in [-0.3, -0.25) is 0 Å². The van der Waals surface area contributed by atoms with Gasteiger partial charge < -0.3 is 15.4 Å². The van der Waals surface area contributed by atoms with Crippen molar-refractivity contribution in [3.8, 4) is 0 Å². The first kappa shape index (κ1) is 15.9. The molecule has 2 N–H and O–H groups in total. The van der Waals surface area contributed by atoms with Crippen LogP contribution in [0.5, 0.6) is 0 Å². The van der Waals surface area contributed by atoms with Gasteiger partial charge in [0.25, 0.3) is 0 Å². The summed E-state index contributed by atoms with van der Waals surface area (Å²) in [7, 11) is 0. The molecule has 0 atom stereocenters. The minimum atomic E-state index is 0.640. The molecule has 1 rings (SSSR count). The Kier molecular flexibility index (Phi) is 8.18. The standard InChI is InChI=1S/C15H24N2OS/c1-3-5-6-13-7-9-14(10-8-13)17-15(19)16-11-12-18-4-2/h7-10H,3-6,11-12H2,1-2H3,(H2,16,17,19). The molecule has 19 heavy (non-hydrogen) atoms. The summed E-state index contributed by atoms with van der Waals surface area (Å²) in [5.74, 6) is 0. The zero-order valence-corrected chi connectivity index (χ0v) is 12.7. The number of nitrogens with one attached hydrogen (secondary N) is 2. The minimum Gasteiger partial charge on any atom is -0.380 e. The largest absolute Gasteiger partial charge is 0.380 e. The minimum absolute atomic E-state index is 0.640. The molecule has 1 aromatic rings. The van der Waals surface area contributed by atoms with Gasteiger partial charge in [0.1, 0.15) is 0 Å². The van der Waals surface area contributed by atoms with E-state index in [0.29, 0.717) is 11.7 Å². The van der Waals surface area contributed by atoms with Crippen LogP contribution in [0.4, 0.5) is 5.69 Å². The molecule has 0 heterocycles. The smallest absolute Gasteiger partial charge is 0.170 e. The number of thiocarbonyl (C=S) groups is 1. The van der Waals surface area contributed by atoms with E-state index in [-0.39, 0.29) is 0 Å². The maximum absolute atomic E-state index is 5.24. The Morgan fingerprint density at radius 2 is 1.95 bits per heavy atom. The van der Waals surface area contributed by atoms with Crippen molar-refractivity contribution in [1.29, 1.82) is 0 Å². The lowest BCUT2D eigenvalue weighted by molar-refractivity contribution is 0.152. The van der Waals surface area contributed by atoms with E-state index in [1.165, 1.54) is 18.4 Å². The summed E-state index contributed by atoms with van der Waals surface area (Å²) in [6, 6.07) is 8.45. The Morgan fingerprint density at radius 3 is 2.58 bits per heavy atom. The second-order valence-electron chi connectivity index (χ2n) is 4.38. The third-order valence-electron chi connectivity index (χ3n) is 2.77. The number of anilines is 1. The van der Waals surface area contributed by atoms with E-state index in [0.717, 1.165) is 25.3 Å². The van der Waals surface area contributed by atoms with E-state index in [2.05, 4.69) is 41.8 Å². The van der Waals surface area contributed by atoms with Crippen LogP contribution in [0.25, 0.3) is 0 Å². The number of ether oxygens (including phenoxy) is 1. The van der Waals surface area contributed by atoms with Gasteiger partial charge in [-0.1, -0.05) is 25.5 Å². The van der Waals surface area contributed by atoms with Gasteiger partial charge in [-0.25, -0.2) is 0 Å². The van der Waals surface area contributed by atoms with Gasteiger partial charge in [0.2, 0.25) is 0 Å². The van der Waals surface area contributed by atoms with Crippen LogP contribution in [-0.2, 0) is 11.2 Å². The number of benzene rings is 1. The van der Waals surface area contributed by atoms with Crippen molar-refractivity contribution in [2.75, 3.05) is 25.1 Å². The number of aryl methyl sites for hydroxylation is 1. The third kappa shape index (κ3) is 7.13. The van der Waals surface area contributed by atoms with Crippen molar-refractivity contribution in [3.63, 3.8) is 0 Å². The van der Waals surface area contributed by atoms with Crippen molar-refractivity contribution in [2.45, 2.75) is 33.1 Å². The molecular formula is C15H24N2OS. The molecule has 0 saturated heterocycles. The van der Waals surface area contributed by atoms with Crippen molar-refractivity contribution >= 4 is 23.0 Å². The number of hydrogen-bond donors (Lipinski definition) is 2. The highest BCUT2D eigenvalue weighted by Gasteiger charge is 1.98. The highest BCUT2D eigenvalue weighted by Crippen LogP contribution is 2.11. The summed E-state index contributed by atoms with van der Waals surface area (Å²) in [6.45, 7) is 6.34. The van der Waals surface area contributed by atoms with Crippen LogP contribution in [-0.4, -0.2) is 24.9 Å². The van der Waals surface area contributed by atoms with Crippen LogP contribution in [0.2, 0.25) is 0 Å². The monoisotopic (exact) mass is 280 g/mol. The van der Waals surface area contributed by atoms with E-state index >= 15 is 0 Å². The SMILES string of the molecule is CCCCc1ccc(NC(=S)NCCOCC)cc1. The fraction of sp³-hybridized carbons (Fsp3) is 0.533. The lowest BCUT2D eigenvalue weighted by Crippen LogP contribution is -2.31. The van der Waals surface area contributed by atoms with Crippen molar-refractivity contribution in [2.24, 2.45) is 0 Å². The average molecular weight is 280 g/mol. The molecule has 0 aromatic heterocycles. The predicted octanol–water partition coefficient (Wildman–Crippen LogP) is 3.35. The highest BCUT2D eigenvalue weighted by atomic mass is 32.1. The zero-order valence-electron chi connectivity index (χ0n) is 11.9. The molecule has 0 saturated carbocycles. The Balaban J connectivity index is 2.29. The van der Waals surface area contributed by atoms with E-state index < -0.39 is 0 Å². The van der Waals surface area contributed by atoms with Gasteiger partial charge in [0.15, 0.2) is 5.11 Å². The normalized spacial score (nSPS) is 10.2. The molecule has 4 heteroatoms. The van der Waals surface area contributed by atoms with E-state index in [1.807, 2.05) is 6.92 Å². The van der Waals surface area contributed by atoms with E-state index in [4.69, 9.17) is 17.0 Å². The molecule has 1 aromatic carbocycles. The number of rotatable bonds is 8. The summed E-state index contributed by atoms with van der Waals surface area (Å²) >= 11 is 5.21. The molecule has 0 aliphatic heterocycles. The average Bonchev–Trinajstić information content (AvgIpc) is 2.43. The van der Waals surface area contributed by atoms with Crippen molar-refractivity contribution < 1.29 is 4.74 Å². The maximum atomic E-state index is 5.24. The lowest BCUT2D eigenvalue weighted by atomic mass is 10.1. The van der Waals surface area contributed by atoms with Crippen LogP contribution in [0.3, 0.4) is 0 Å². The topological polar surface area (TPSA) is 33.3 Å². The second-order valence-corrected chi connectivity index (χ2v) is 4.79. The van der Waals surface area contributed by atoms with E-state index in [1.54, 1.807) is 0 Å². The van der Waals surface area contributed by atoms with Gasteiger partial charge in [0, 0.05) is 18.8 Å². The molecule has 0 bridgehead atoms. The molecule has 0 amide bonds. The van der Waals surface area contributed by atoms with Gasteiger partial charge in [0.05, 0.1) is 6.61 Å². The van der Waals surface area contributed by atoms with Gasteiger partial charge in [-0.05, 0) is 49.7 Å². The third-order valence-corrected chi connectivity index (χ3v) is 3.01. The highest BCUT2D eigenvalue weighted by molar-refractivity contribution is 7.80. The predicted molar refractivity (Wildman–Crippen MR) is 85.8 cm³/mol. The second kappa shape index (κ2) is 9.75. The summed E-state index contributed by atoms with van der Waals surface area (Å²) in [5, 5.41) is 6.92. The summed E-state index contributed by atoms with van der Waals surface area (Å²) in [4.78, 5) is 0. The molecule has 0 unspecified atom stereocenters. The lowest BCUT2D eigenvalue weighted by Gasteiger charge is -2.11.